The Kier molecular flexibility index (Phi) is 3.66. The highest BCUT2D eigenvalue weighted by atomic mass is 79.9. The summed E-state index contributed by atoms with van der Waals surface area (Å²) in [4.78, 5) is 10.3. The van der Waals surface area contributed by atoms with Gasteiger partial charge in [0.15, 0.2) is 0 Å². The average molecular weight is 279 g/mol. The van der Waals surface area contributed by atoms with Crippen LogP contribution in [0.5, 0.6) is 0 Å². The lowest BCUT2D eigenvalue weighted by Crippen LogP contribution is -1.90. The summed E-state index contributed by atoms with van der Waals surface area (Å²) in [6.45, 7) is 0. The fraction of sp³-hybridized carbons (Fsp3) is 0. The van der Waals surface area contributed by atoms with Crippen LogP contribution in [0.1, 0.15) is 5.56 Å². The Hall–Kier alpha value is -0.870. The second-order valence-electron chi connectivity index (χ2n) is 2.45. The largest absolute Gasteiger partial charge is 0.478 e. The van der Waals surface area contributed by atoms with Crippen molar-refractivity contribution in [3.63, 3.8) is 0 Å². The van der Waals surface area contributed by atoms with Crippen molar-refractivity contribution in [1.29, 1.82) is 0 Å². The molecule has 0 spiro atoms. The zero-order chi connectivity index (χ0) is 10.7. The van der Waals surface area contributed by atoms with E-state index in [2.05, 4.69) is 15.9 Å². The molecule has 0 atom stereocenters. The first kappa shape index (κ1) is 11.2. The fourth-order valence-corrected chi connectivity index (χ4v) is 1.81. The molecular formula is C9H5BrClFO2. The maximum Gasteiger partial charge on any atom is 0.329 e. The summed E-state index contributed by atoms with van der Waals surface area (Å²) in [5.41, 5.74) is 0.440. The number of benzene rings is 1. The first-order valence-corrected chi connectivity index (χ1v) is 4.73. The fourth-order valence-electron chi connectivity index (χ4n) is 0.869. The van der Waals surface area contributed by atoms with Crippen LogP contribution < -0.4 is 0 Å². The van der Waals surface area contributed by atoms with Crippen LogP contribution >= 0.6 is 27.5 Å². The van der Waals surface area contributed by atoms with E-state index < -0.39 is 11.8 Å². The molecule has 1 aromatic carbocycles. The van der Waals surface area contributed by atoms with E-state index >= 15 is 0 Å². The standard InChI is InChI=1S/C9H5BrClFO2/c10-7-3-5(12)1-2-6(7)8(11)4-9(13)14/h1-4H,(H,13,14)/b8-4+. The number of carboxylic acid groups (broad SMARTS) is 1. The molecule has 5 heteroatoms. The van der Waals surface area contributed by atoms with E-state index in [9.17, 15) is 9.18 Å². The Morgan fingerprint density at radius 2 is 2.21 bits per heavy atom. The monoisotopic (exact) mass is 278 g/mol. The van der Waals surface area contributed by atoms with Gasteiger partial charge in [-0.25, -0.2) is 9.18 Å². The molecule has 14 heavy (non-hydrogen) atoms. The van der Waals surface area contributed by atoms with Crippen molar-refractivity contribution >= 4 is 38.5 Å². The molecule has 0 aromatic heterocycles. The van der Waals surface area contributed by atoms with Gasteiger partial charge >= 0.3 is 5.97 Å². The molecule has 74 valence electrons. The van der Waals surface area contributed by atoms with Gasteiger partial charge in [-0.05, 0) is 18.2 Å². The Morgan fingerprint density at radius 1 is 1.57 bits per heavy atom. The molecule has 1 N–H and O–H groups in total. The van der Waals surface area contributed by atoms with Gasteiger partial charge in [-0.3, -0.25) is 0 Å². The van der Waals surface area contributed by atoms with Crippen LogP contribution in [0.25, 0.3) is 5.03 Å². The quantitative estimate of drug-likeness (QED) is 0.844. The zero-order valence-electron chi connectivity index (χ0n) is 6.80. The Labute approximate surface area is 93.1 Å². The Bertz CT molecular complexity index is 404. The third kappa shape index (κ3) is 2.82. The van der Waals surface area contributed by atoms with E-state index in [0.717, 1.165) is 6.08 Å². The van der Waals surface area contributed by atoms with Crippen molar-refractivity contribution in [2.45, 2.75) is 0 Å². The number of halogens is 3. The highest BCUT2D eigenvalue weighted by Crippen LogP contribution is 2.27. The van der Waals surface area contributed by atoms with Crippen LogP contribution in [0.4, 0.5) is 4.39 Å². The molecule has 0 bridgehead atoms. The normalized spacial score (nSPS) is 11.5. The van der Waals surface area contributed by atoms with Gasteiger partial charge in [-0.2, -0.15) is 0 Å². The molecule has 1 rings (SSSR count). The van der Waals surface area contributed by atoms with Crippen LogP contribution in [0, 0.1) is 5.82 Å². The molecule has 0 unspecified atom stereocenters. The molecule has 0 heterocycles. The second kappa shape index (κ2) is 4.57. The summed E-state index contributed by atoms with van der Waals surface area (Å²) in [5, 5.41) is 8.49. The maximum absolute atomic E-state index is 12.7. The number of aliphatic carboxylic acids is 1. The van der Waals surface area contributed by atoms with Crippen LogP contribution in [-0.4, -0.2) is 11.1 Å². The molecule has 0 aliphatic carbocycles. The predicted octanol–water partition coefficient (Wildman–Crippen LogP) is 3.25. The minimum Gasteiger partial charge on any atom is -0.478 e. The number of rotatable bonds is 2. The molecule has 0 aliphatic heterocycles. The van der Waals surface area contributed by atoms with Gasteiger partial charge in [-0.15, -0.1) is 0 Å². The van der Waals surface area contributed by atoms with Crippen LogP contribution in [0.15, 0.2) is 28.7 Å². The zero-order valence-corrected chi connectivity index (χ0v) is 9.14. The third-order valence-electron chi connectivity index (χ3n) is 1.44. The van der Waals surface area contributed by atoms with Gasteiger partial charge in [-0.1, -0.05) is 27.5 Å². The van der Waals surface area contributed by atoms with E-state index in [1.54, 1.807) is 0 Å². The lowest BCUT2D eigenvalue weighted by molar-refractivity contribution is -0.131. The van der Waals surface area contributed by atoms with Crippen molar-refractivity contribution in [3.05, 3.63) is 40.1 Å². The number of carboxylic acids is 1. The SMILES string of the molecule is O=C(O)/C=C(/Cl)c1ccc(F)cc1Br. The van der Waals surface area contributed by atoms with E-state index in [0.29, 0.717) is 10.0 Å². The van der Waals surface area contributed by atoms with Gasteiger partial charge in [0.05, 0.1) is 5.03 Å². The van der Waals surface area contributed by atoms with Crippen molar-refractivity contribution in [2.24, 2.45) is 0 Å². The Morgan fingerprint density at radius 3 is 2.71 bits per heavy atom. The maximum atomic E-state index is 12.7. The van der Waals surface area contributed by atoms with Crippen LogP contribution in [0.3, 0.4) is 0 Å². The minimum absolute atomic E-state index is 0.0457. The summed E-state index contributed by atoms with van der Waals surface area (Å²) in [6, 6.07) is 3.83. The smallest absolute Gasteiger partial charge is 0.329 e. The number of carbonyl (C=O) groups is 1. The highest BCUT2D eigenvalue weighted by molar-refractivity contribution is 9.10. The summed E-state index contributed by atoms with van der Waals surface area (Å²) in [5.74, 6) is -1.56. The second-order valence-corrected chi connectivity index (χ2v) is 3.72. The molecule has 0 saturated heterocycles. The first-order valence-electron chi connectivity index (χ1n) is 3.56. The van der Waals surface area contributed by atoms with Crippen molar-refractivity contribution < 1.29 is 14.3 Å². The molecule has 2 nitrogen and oxygen atoms in total. The topological polar surface area (TPSA) is 37.3 Å². The van der Waals surface area contributed by atoms with E-state index in [-0.39, 0.29) is 5.03 Å². The van der Waals surface area contributed by atoms with Gasteiger partial charge in [0, 0.05) is 16.1 Å². The molecule has 0 aliphatic rings. The minimum atomic E-state index is -1.15. The summed E-state index contributed by atoms with van der Waals surface area (Å²) < 4.78 is 13.1. The summed E-state index contributed by atoms with van der Waals surface area (Å²) in [7, 11) is 0. The van der Waals surface area contributed by atoms with Gasteiger partial charge in [0.25, 0.3) is 0 Å². The van der Waals surface area contributed by atoms with Crippen molar-refractivity contribution in [2.75, 3.05) is 0 Å². The summed E-state index contributed by atoms with van der Waals surface area (Å²) in [6.07, 6.45) is 0.847. The third-order valence-corrected chi connectivity index (χ3v) is 2.41. The molecule has 0 radical (unpaired) electrons. The molecular weight excluding hydrogens is 274 g/mol. The van der Waals surface area contributed by atoms with E-state index in [1.165, 1.54) is 18.2 Å². The van der Waals surface area contributed by atoms with Crippen molar-refractivity contribution in [3.8, 4) is 0 Å². The van der Waals surface area contributed by atoms with Gasteiger partial charge in [0.1, 0.15) is 5.82 Å². The number of hydrogen-bond donors (Lipinski definition) is 1. The predicted molar refractivity (Wildman–Crippen MR) is 55.6 cm³/mol. The molecule has 1 aromatic rings. The van der Waals surface area contributed by atoms with Crippen molar-refractivity contribution in [1.82, 2.24) is 0 Å². The molecule has 0 amide bonds. The van der Waals surface area contributed by atoms with E-state index in [1.807, 2.05) is 0 Å². The number of hydrogen-bond acceptors (Lipinski definition) is 1. The summed E-state index contributed by atoms with van der Waals surface area (Å²) >= 11 is 8.77. The first-order chi connectivity index (χ1) is 6.50. The lowest BCUT2D eigenvalue weighted by Gasteiger charge is -2.01. The Balaban J connectivity index is 3.14. The van der Waals surface area contributed by atoms with Crippen LogP contribution in [0.2, 0.25) is 0 Å². The average Bonchev–Trinajstić information content (AvgIpc) is 2.01. The van der Waals surface area contributed by atoms with Gasteiger partial charge in [0.2, 0.25) is 0 Å². The van der Waals surface area contributed by atoms with E-state index in [4.69, 9.17) is 16.7 Å². The van der Waals surface area contributed by atoms with Gasteiger partial charge < -0.3 is 5.11 Å². The lowest BCUT2D eigenvalue weighted by atomic mass is 10.2. The highest BCUT2D eigenvalue weighted by Gasteiger charge is 2.06. The molecule has 0 saturated carbocycles. The molecule has 0 fully saturated rings. The van der Waals surface area contributed by atoms with Crippen LogP contribution in [-0.2, 0) is 4.79 Å².